The van der Waals surface area contributed by atoms with Crippen LogP contribution in [0.2, 0.25) is 0 Å². The van der Waals surface area contributed by atoms with E-state index in [1.54, 1.807) is 13.1 Å². The number of anilines is 1. The van der Waals surface area contributed by atoms with E-state index in [1.165, 1.54) is 12.8 Å². The fourth-order valence-corrected chi connectivity index (χ4v) is 2.09. The number of aromatic nitrogens is 3. The number of nitrogens with zero attached hydrogens (tertiary/aromatic N) is 4. The molecule has 1 fully saturated rings. The topological polar surface area (TPSA) is 55.1 Å². The molecule has 2 aromatic heterocycles. The molecule has 0 bridgehead atoms. The van der Waals surface area contributed by atoms with E-state index in [9.17, 15) is 0 Å². The molecule has 0 spiro atoms. The summed E-state index contributed by atoms with van der Waals surface area (Å²) in [4.78, 5) is 10.9. The van der Waals surface area contributed by atoms with Gasteiger partial charge in [-0.25, -0.2) is 4.98 Å². The number of pyridine rings is 1. The van der Waals surface area contributed by atoms with E-state index in [0.717, 1.165) is 24.5 Å². The molecule has 0 unspecified atom stereocenters. The van der Waals surface area contributed by atoms with Crippen LogP contribution >= 0.6 is 0 Å². The second kappa shape index (κ2) is 4.16. The minimum Gasteiger partial charge on any atom is -0.357 e. The Labute approximate surface area is 99.5 Å². The molecule has 5 nitrogen and oxygen atoms in total. The fourth-order valence-electron chi connectivity index (χ4n) is 2.09. The average Bonchev–Trinajstić information content (AvgIpc) is 3.00. The summed E-state index contributed by atoms with van der Waals surface area (Å²) in [6.07, 6.45) is 4.29. The quantitative estimate of drug-likeness (QED) is 0.790. The third-order valence-electron chi connectivity index (χ3n) is 2.96. The first-order valence-electron chi connectivity index (χ1n) is 5.84. The summed E-state index contributed by atoms with van der Waals surface area (Å²) in [5, 5.41) is 3.92. The molecule has 0 N–H and O–H groups in total. The predicted molar refractivity (Wildman–Crippen MR) is 63.7 cm³/mol. The zero-order chi connectivity index (χ0) is 11.7. The van der Waals surface area contributed by atoms with Crippen LogP contribution in [0.4, 0.5) is 5.82 Å². The van der Waals surface area contributed by atoms with Gasteiger partial charge >= 0.3 is 0 Å². The average molecular weight is 230 g/mol. The Morgan fingerprint density at radius 3 is 2.82 bits per heavy atom. The Hall–Kier alpha value is -1.91. The summed E-state index contributed by atoms with van der Waals surface area (Å²) >= 11 is 0. The number of hydrogen-bond donors (Lipinski definition) is 0. The Morgan fingerprint density at radius 1 is 1.29 bits per heavy atom. The third kappa shape index (κ3) is 2.00. The summed E-state index contributed by atoms with van der Waals surface area (Å²) in [6.45, 7) is 3.96. The van der Waals surface area contributed by atoms with E-state index in [2.05, 4.69) is 20.0 Å². The van der Waals surface area contributed by atoms with Crippen molar-refractivity contribution >= 4 is 5.82 Å². The maximum Gasteiger partial charge on any atom is 0.223 e. The molecule has 2 aromatic rings. The van der Waals surface area contributed by atoms with Crippen molar-refractivity contribution in [3.63, 3.8) is 0 Å². The molecule has 1 aliphatic rings. The van der Waals surface area contributed by atoms with Crippen molar-refractivity contribution in [3.8, 4) is 11.4 Å². The Kier molecular flexibility index (Phi) is 2.51. The van der Waals surface area contributed by atoms with Crippen LogP contribution < -0.4 is 4.90 Å². The zero-order valence-electron chi connectivity index (χ0n) is 9.76. The van der Waals surface area contributed by atoms with Crippen molar-refractivity contribution in [2.24, 2.45) is 0 Å². The lowest BCUT2D eigenvalue weighted by Gasteiger charge is -2.16. The van der Waals surface area contributed by atoms with Crippen LogP contribution in [-0.4, -0.2) is 28.2 Å². The molecule has 0 saturated carbocycles. The van der Waals surface area contributed by atoms with Gasteiger partial charge in [-0.15, -0.1) is 0 Å². The smallest absolute Gasteiger partial charge is 0.223 e. The highest BCUT2D eigenvalue weighted by Gasteiger charge is 2.15. The molecular formula is C12H14N4O. The van der Waals surface area contributed by atoms with Crippen LogP contribution in [0.1, 0.15) is 18.7 Å². The first-order valence-corrected chi connectivity index (χ1v) is 5.84. The lowest BCUT2D eigenvalue weighted by atomic mass is 10.2. The molecule has 0 amide bonds. The SMILES string of the molecule is Cc1nc(-c2ccnc(N3CCCC3)c2)no1. The monoisotopic (exact) mass is 230 g/mol. The van der Waals surface area contributed by atoms with Crippen molar-refractivity contribution in [2.75, 3.05) is 18.0 Å². The van der Waals surface area contributed by atoms with Crippen molar-refractivity contribution in [2.45, 2.75) is 19.8 Å². The van der Waals surface area contributed by atoms with Gasteiger partial charge in [-0.3, -0.25) is 0 Å². The van der Waals surface area contributed by atoms with Gasteiger partial charge in [-0.1, -0.05) is 5.16 Å². The molecule has 88 valence electrons. The molecule has 17 heavy (non-hydrogen) atoms. The van der Waals surface area contributed by atoms with Gasteiger partial charge in [0.25, 0.3) is 0 Å². The van der Waals surface area contributed by atoms with Crippen LogP contribution in [0.5, 0.6) is 0 Å². The van der Waals surface area contributed by atoms with E-state index >= 15 is 0 Å². The van der Waals surface area contributed by atoms with E-state index in [1.807, 2.05) is 12.1 Å². The maximum absolute atomic E-state index is 4.99. The largest absolute Gasteiger partial charge is 0.357 e. The molecule has 1 saturated heterocycles. The van der Waals surface area contributed by atoms with Crippen molar-refractivity contribution < 1.29 is 4.52 Å². The van der Waals surface area contributed by atoms with Gasteiger partial charge in [0.2, 0.25) is 11.7 Å². The van der Waals surface area contributed by atoms with Crippen molar-refractivity contribution in [3.05, 3.63) is 24.2 Å². The van der Waals surface area contributed by atoms with Crippen LogP contribution in [-0.2, 0) is 0 Å². The van der Waals surface area contributed by atoms with Crippen LogP contribution in [0.25, 0.3) is 11.4 Å². The van der Waals surface area contributed by atoms with E-state index < -0.39 is 0 Å². The molecule has 3 rings (SSSR count). The van der Waals surface area contributed by atoms with E-state index in [0.29, 0.717) is 11.7 Å². The lowest BCUT2D eigenvalue weighted by Crippen LogP contribution is -2.18. The molecule has 0 aromatic carbocycles. The summed E-state index contributed by atoms with van der Waals surface area (Å²) in [7, 11) is 0. The highest BCUT2D eigenvalue weighted by Crippen LogP contribution is 2.23. The zero-order valence-corrected chi connectivity index (χ0v) is 9.76. The third-order valence-corrected chi connectivity index (χ3v) is 2.96. The molecule has 0 radical (unpaired) electrons. The second-order valence-electron chi connectivity index (χ2n) is 4.23. The van der Waals surface area contributed by atoms with Gasteiger partial charge in [-0.2, -0.15) is 4.98 Å². The van der Waals surface area contributed by atoms with Gasteiger partial charge in [0.1, 0.15) is 5.82 Å². The van der Waals surface area contributed by atoms with E-state index in [-0.39, 0.29) is 0 Å². The second-order valence-corrected chi connectivity index (χ2v) is 4.23. The number of rotatable bonds is 2. The van der Waals surface area contributed by atoms with Crippen molar-refractivity contribution in [1.82, 2.24) is 15.1 Å². The van der Waals surface area contributed by atoms with Crippen LogP contribution in [0.15, 0.2) is 22.9 Å². The molecular weight excluding hydrogens is 216 g/mol. The lowest BCUT2D eigenvalue weighted by molar-refractivity contribution is 0.394. The van der Waals surface area contributed by atoms with Crippen LogP contribution in [0.3, 0.4) is 0 Å². The summed E-state index contributed by atoms with van der Waals surface area (Å²) in [5.74, 6) is 2.22. The molecule has 3 heterocycles. The van der Waals surface area contributed by atoms with Crippen molar-refractivity contribution in [1.29, 1.82) is 0 Å². The van der Waals surface area contributed by atoms with Gasteiger partial charge in [0.15, 0.2) is 0 Å². The highest BCUT2D eigenvalue weighted by molar-refractivity contribution is 5.59. The molecule has 0 aliphatic carbocycles. The predicted octanol–water partition coefficient (Wildman–Crippen LogP) is 2.04. The first kappa shape index (κ1) is 10.3. The maximum atomic E-state index is 4.99. The molecule has 5 heteroatoms. The molecule has 0 atom stereocenters. The summed E-state index contributed by atoms with van der Waals surface area (Å²) in [6, 6.07) is 3.93. The van der Waals surface area contributed by atoms with Gasteiger partial charge < -0.3 is 9.42 Å². The van der Waals surface area contributed by atoms with Gasteiger partial charge in [-0.05, 0) is 25.0 Å². The Balaban J connectivity index is 1.93. The minimum absolute atomic E-state index is 0.583. The Bertz CT molecular complexity index is 517. The van der Waals surface area contributed by atoms with E-state index in [4.69, 9.17) is 4.52 Å². The van der Waals surface area contributed by atoms with Gasteiger partial charge in [0, 0.05) is 31.8 Å². The standard InChI is InChI=1S/C12H14N4O/c1-9-14-12(15-17-9)10-4-5-13-11(8-10)16-6-2-3-7-16/h4-5,8H,2-3,6-7H2,1H3. The number of aryl methyl sites for hydroxylation is 1. The summed E-state index contributed by atoms with van der Waals surface area (Å²) in [5.41, 5.74) is 0.957. The van der Waals surface area contributed by atoms with Gasteiger partial charge in [0.05, 0.1) is 0 Å². The fraction of sp³-hybridized carbons (Fsp3) is 0.417. The summed E-state index contributed by atoms with van der Waals surface area (Å²) < 4.78 is 4.99. The first-order chi connectivity index (χ1) is 8.33. The minimum atomic E-state index is 0.583. The molecule has 1 aliphatic heterocycles. The number of hydrogen-bond acceptors (Lipinski definition) is 5. The Morgan fingerprint density at radius 2 is 2.12 bits per heavy atom. The van der Waals surface area contributed by atoms with Crippen LogP contribution in [0, 0.1) is 6.92 Å². The highest BCUT2D eigenvalue weighted by atomic mass is 16.5. The normalized spacial score (nSPS) is 15.5.